The topological polar surface area (TPSA) is 51.7 Å². The Morgan fingerprint density at radius 3 is 2.44 bits per heavy atom. The van der Waals surface area contributed by atoms with Crippen LogP contribution in [0.4, 0.5) is 16.3 Å². The van der Waals surface area contributed by atoms with Gasteiger partial charge in [0.25, 0.3) is 0 Å². The van der Waals surface area contributed by atoms with Gasteiger partial charge in [-0.3, -0.25) is 9.80 Å². The number of hydrogen-bond donors (Lipinski definition) is 1. The van der Waals surface area contributed by atoms with Gasteiger partial charge in [-0.15, -0.1) is 0 Å². The minimum Gasteiger partial charge on any atom is -0.354 e. The molecule has 4 rings (SSSR count). The second-order valence-corrected chi connectivity index (χ2v) is 8.32. The largest absolute Gasteiger partial charge is 0.354 e. The van der Waals surface area contributed by atoms with Crippen molar-refractivity contribution in [2.24, 2.45) is 0 Å². The summed E-state index contributed by atoms with van der Waals surface area (Å²) < 4.78 is 0. The first-order valence-electron chi connectivity index (χ1n) is 10.7. The van der Waals surface area contributed by atoms with Gasteiger partial charge >= 0.3 is 6.03 Å². The number of anilines is 2. The number of carbonyl (C=O) groups is 1. The average Bonchev–Trinajstić information content (AvgIpc) is 3.42. The van der Waals surface area contributed by atoms with E-state index < -0.39 is 0 Å². The van der Waals surface area contributed by atoms with E-state index in [1.54, 1.807) is 4.90 Å². The Bertz CT molecular complexity index is 631. The van der Waals surface area contributed by atoms with Crippen LogP contribution in [0.15, 0.2) is 18.3 Å². The number of aromatic nitrogens is 1. The summed E-state index contributed by atoms with van der Waals surface area (Å²) in [5.41, 5.74) is 0.911. The van der Waals surface area contributed by atoms with Gasteiger partial charge in [-0.2, -0.15) is 0 Å². The maximum absolute atomic E-state index is 12.6. The summed E-state index contributed by atoms with van der Waals surface area (Å²) in [4.78, 5) is 23.9. The predicted molar refractivity (Wildman–Crippen MR) is 109 cm³/mol. The Balaban J connectivity index is 1.35. The zero-order chi connectivity index (χ0) is 18.6. The molecule has 0 bridgehead atoms. The van der Waals surface area contributed by atoms with Gasteiger partial charge in [0.1, 0.15) is 5.82 Å². The maximum atomic E-state index is 12.6. The Kier molecular flexibility index (Phi) is 5.81. The lowest BCUT2D eigenvalue weighted by atomic mass is 10.2. The van der Waals surface area contributed by atoms with Gasteiger partial charge in [-0.25, -0.2) is 9.78 Å². The van der Waals surface area contributed by atoms with Crippen LogP contribution in [0.5, 0.6) is 0 Å². The monoisotopic (exact) mass is 371 g/mol. The molecule has 1 aromatic rings. The van der Waals surface area contributed by atoms with Crippen LogP contribution in [0, 0.1) is 0 Å². The van der Waals surface area contributed by atoms with Crippen LogP contribution in [0.3, 0.4) is 0 Å². The molecule has 0 radical (unpaired) electrons. The molecule has 148 valence electrons. The number of piperazine rings is 1. The van der Waals surface area contributed by atoms with Crippen LogP contribution < -0.4 is 15.1 Å². The van der Waals surface area contributed by atoms with E-state index >= 15 is 0 Å². The van der Waals surface area contributed by atoms with Crippen LogP contribution in [0.25, 0.3) is 0 Å². The SMILES string of the molecule is CN(C(=O)NC1CCCC1)c1ccnc(N2CCN(C3CCCC3)CC2)c1. The second kappa shape index (κ2) is 8.46. The Hall–Kier alpha value is -1.82. The van der Waals surface area contributed by atoms with Gasteiger partial charge in [-0.05, 0) is 31.7 Å². The summed E-state index contributed by atoms with van der Waals surface area (Å²) in [7, 11) is 1.85. The number of carbonyl (C=O) groups excluding carboxylic acids is 1. The minimum atomic E-state index is -0.00916. The minimum absolute atomic E-state index is 0.00916. The molecular formula is C21H33N5O. The lowest BCUT2D eigenvalue weighted by molar-refractivity contribution is 0.187. The van der Waals surface area contributed by atoms with Crippen molar-refractivity contribution in [3.05, 3.63) is 18.3 Å². The van der Waals surface area contributed by atoms with Crippen LogP contribution >= 0.6 is 0 Å². The second-order valence-electron chi connectivity index (χ2n) is 8.32. The van der Waals surface area contributed by atoms with Crippen molar-refractivity contribution in [3.8, 4) is 0 Å². The first kappa shape index (κ1) is 18.5. The first-order valence-corrected chi connectivity index (χ1v) is 10.7. The van der Waals surface area contributed by atoms with Crippen molar-refractivity contribution in [2.75, 3.05) is 43.0 Å². The van der Waals surface area contributed by atoms with Crippen molar-refractivity contribution in [2.45, 2.75) is 63.5 Å². The third-order valence-corrected chi connectivity index (χ3v) is 6.58. The molecular weight excluding hydrogens is 338 g/mol. The summed E-state index contributed by atoms with van der Waals surface area (Å²) >= 11 is 0. The molecule has 0 spiro atoms. The molecule has 3 aliphatic rings. The Morgan fingerprint density at radius 2 is 1.74 bits per heavy atom. The number of nitrogens with one attached hydrogen (secondary N) is 1. The third-order valence-electron chi connectivity index (χ3n) is 6.58. The van der Waals surface area contributed by atoms with E-state index in [1.807, 2.05) is 19.3 Å². The Labute approximate surface area is 162 Å². The maximum Gasteiger partial charge on any atom is 0.321 e. The molecule has 2 heterocycles. The summed E-state index contributed by atoms with van der Waals surface area (Å²) in [6.45, 7) is 4.28. The van der Waals surface area contributed by atoms with Crippen molar-refractivity contribution in [3.63, 3.8) is 0 Å². The first-order chi connectivity index (χ1) is 13.2. The molecule has 6 nitrogen and oxygen atoms in total. The van der Waals surface area contributed by atoms with Crippen LogP contribution in [0.1, 0.15) is 51.4 Å². The molecule has 1 saturated heterocycles. The Morgan fingerprint density at radius 1 is 1.07 bits per heavy atom. The van der Waals surface area contributed by atoms with Gasteiger partial charge in [0.15, 0.2) is 0 Å². The van der Waals surface area contributed by atoms with E-state index in [4.69, 9.17) is 0 Å². The van der Waals surface area contributed by atoms with E-state index in [0.29, 0.717) is 6.04 Å². The molecule has 1 aliphatic heterocycles. The lowest BCUT2D eigenvalue weighted by Crippen LogP contribution is -2.50. The molecule has 6 heteroatoms. The van der Waals surface area contributed by atoms with Gasteiger partial charge in [-0.1, -0.05) is 25.7 Å². The number of pyridine rings is 1. The fourth-order valence-corrected chi connectivity index (χ4v) is 4.83. The number of urea groups is 1. The molecule has 0 atom stereocenters. The summed E-state index contributed by atoms with van der Waals surface area (Å²) in [5, 5.41) is 3.16. The fourth-order valence-electron chi connectivity index (χ4n) is 4.83. The summed E-state index contributed by atoms with van der Waals surface area (Å²) in [6.07, 6.45) is 12.0. The van der Waals surface area contributed by atoms with E-state index in [0.717, 1.165) is 56.6 Å². The van der Waals surface area contributed by atoms with E-state index in [2.05, 4.69) is 26.2 Å². The van der Waals surface area contributed by atoms with Crippen LogP contribution in [-0.4, -0.2) is 61.2 Å². The zero-order valence-electron chi connectivity index (χ0n) is 16.6. The molecule has 3 fully saturated rings. The highest BCUT2D eigenvalue weighted by Gasteiger charge is 2.27. The van der Waals surface area contributed by atoms with Gasteiger partial charge in [0.2, 0.25) is 0 Å². The highest BCUT2D eigenvalue weighted by atomic mass is 16.2. The molecule has 2 saturated carbocycles. The number of hydrogen-bond acceptors (Lipinski definition) is 4. The van der Waals surface area contributed by atoms with Crippen molar-refractivity contribution < 1.29 is 4.79 Å². The normalized spacial score (nSPS) is 22.3. The zero-order valence-corrected chi connectivity index (χ0v) is 16.6. The lowest BCUT2D eigenvalue weighted by Gasteiger charge is -2.38. The number of amides is 2. The molecule has 1 aromatic heterocycles. The quantitative estimate of drug-likeness (QED) is 0.883. The molecule has 2 aliphatic carbocycles. The molecule has 2 amide bonds. The van der Waals surface area contributed by atoms with E-state index in [-0.39, 0.29) is 6.03 Å². The van der Waals surface area contributed by atoms with Crippen molar-refractivity contribution >= 4 is 17.5 Å². The molecule has 0 aromatic carbocycles. The van der Waals surface area contributed by atoms with E-state index in [1.165, 1.54) is 38.5 Å². The fraction of sp³-hybridized carbons (Fsp3) is 0.714. The number of nitrogens with zero attached hydrogens (tertiary/aromatic N) is 4. The predicted octanol–water partition coefficient (Wildman–Crippen LogP) is 3.23. The standard InChI is InChI=1S/C21H33N5O/c1-24(21(27)23-17-6-2-3-7-17)19-10-11-22-20(16-19)26-14-12-25(13-15-26)18-8-4-5-9-18/h10-11,16-18H,2-9,12-15H2,1H3,(H,23,27). The third kappa shape index (κ3) is 4.37. The van der Waals surface area contributed by atoms with Gasteiger partial charge < -0.3 is 10.2 Å². The molecule has 27 heavy (non-hydrogen) atoms. The van der Waals surface area contributed by atoms with Crippen LogP contribution in [-0.2, 0) is 0 Å². The highest BCUT2D eigenvalue weighted by Crippen LogP contribution is 2.26. The molecule has 0 unspecified atom stereocenters. The van der Waals surface area contributed by atoms with Gasteiger partial charge in [0, 0.05) is 57.6 Å². The van der Waals surface area contributed by atoms with E-state index in [9.17, 15) is 4.79 Å². The average molecular weight is 372 g/mol. The highest BCUT2D eigenvalue weighted by molar-refractivity contribution is 5.91. The smallest absolute Gasteiger partial charge is 0.321 e. The van der Waals surface area contributed by atoms with Crippen molar-refractivity contribution in [1.29, 1.82) is 0 Å². The number of rotatable bonds is 4. The van der Waals surface area contributed by atoms with Gasteiger partial charge in [0.05, 0.1) is 5.69 Å². The summed E-state index contributed by atoms with van der Waals surface area (Å²) in [6, 6.07) is 5.11. The summed E-state index contributed by atoms with van der Waals surface area (Å²) in [5.74, 6) is 0.985. The van der Waals surface area contributed by atoms with Crippen LogP contribution in [0.2, 0.25) is 0 Å². The van der Waals surface area contributed by atoms with Crippen molar-refractivity contribution in [1.82, 2.24) is 15.2 Å². The molecule has 1 N–H and O–H groups in total.